The van der Waals surface area contributed by atoms with Gasteiger partial charge in [-0.05, 0) is 37.5 Å². The molecule has 0 radical (unpaired) electrons. The van der Waals surface area contributed by atoms with Crippen molar-refractivity contribution in [3.05, 3.63) is 41.5 Å². The first kappa shape index (κ1) is 18.5. The second-order valence-corrected chi connectivity index (χ2v) is 8.02. The topological polar surface area (TPSA) is 106 Å². The van der Waals surface area contributed by atoms with Gasteiger partial charge in [0.05, 0.1) is 11.4 Å². The Bertz CT molecular complexity index is 892. The first-order valence-electron chi connectivity index (χ1n) is 8.80. The molecule has 0 fully saturated rings. The first-order valence-corrected chi connectivity index (χ1v) is 10.3. The van der Waals surface area contributed by atoms with Crippen LogP contribution in [-0.2, 0) is 29.5 Å². The van der Waals surface area contributed by atoms with Crippen LogP contribution >= 0.6 is 0 Å². The summed E-state index contributed by atoms with van der Waals surface area (Å²) in [5.74, 6) is 1.23. The van der Waals surface area contributed by atoms with Crippen LogP contribution in [0, 0.1) is 0 Å². The summed E-state index contributed by atoms with van der Waals surface area (Å²) in [6, 6.07) is 6.01. The lowest BCUT2D eigenvalue weighted by molar-refractivity contribution is 0.0953. The van der Waals surface area contributed by atoms with Crippen LogP contribution in [0.25, 0.3) is 0 Å². The minimum atomic E-state index is -3.75. The minimum Gasteiger partial charge on any atom is -0.352 e. The van der Waals surface area contributed by atoms with Crippen molar-refractivity contribution in [2.24, 2.45) is 0 Å². The molecule has 0 spiro atoms. The molecule has 0 aliphatic carbocycles. The average molecular weight is 377 g/mol. The molecule has 3 rings (SSSR count). The fourth-order valence-electron chi connectivity index (χ4n) is 2.89. The Balaban J connectivity index is 1.72. The smallest absolute Gasteiger partial charge is 0.251 e. The summed E-state index contributed by atoms with van der Waals surface area (Å²) in [4.78, 5) is 12.1. The number of benzene rings is 1. The molecule has 1 aromatic carbocycles. The van der Waals surface area contributed by atoms with Gasteiger partial charge >= 0.3 is 0 Å². The van der Waals surface area contributed by atoms with Gasteiger partial charge in [0.1, 0.15) is 11.6 Å². The van der Waals surface area contributed by atoms with E-state index in [1.165, 1.54) is 12.1 Å². The Morgan fingerprint density at radius 2 is 2.12 bits per heavy atom. The van der Waals surface area contributed by atoms with Crippen molar-refractivity contribution in [1.82, 2.24) is 24.8 Å². The molecule has 0 bridgehead atoms. The fraction of sp³-hybridized carbons (Fsp3) is 0.471. The number of aryl methyl sites for hydroxylation is 1. The van der Waals surface area contributed by atoms with Crippen molar-refractivity contribution in [3.8, 4) is 0 Å². The van der Waals surface area contributed by atoms with Crippen LogP contribution in [0.4, 0.5) is 0 Å². The highest BCUT2D eigenvalue weighted by Crippen LogP contribution is 2.16. The molecule has 9 heteroatoms. The number of nitrogens with one attached hydrogen (secondary N) is 2. The van der Waals surface area contributed by atoms with Gasteiger partial charge in [-0.1, -0.05) is 13.0 Å². The highest BCUT2D eigenvalue weighted by atomic mass is 32.2. The maximum Gasteiger partial charge on any atom is 0.251 e. The van der Waals surface area contributed by atoms with Crippen LogP contribution in [0.5, 0.6) is 0 Å². The summed E-state index contributed by atoms with van der Waals surface area (Å²) in [6.07, 6.45) is 3.80. The minimum absolute atomic E-state index is 0.0556. The van der Waals surface area contributed by atoms with Crippen molar-refractivity contribution in [2.75, 3.05) is 6.54 Å². The van der Waals surface area contributed by atoms with E-state index in [2.05, 4.69) is 20.2 Å². The number of aromatic nitrogens is 3. The van der Waals surface area contributed by atoms with Gasteiger partial charge in [0.15, 0.2) is 0 Å². The predicted octanol–water partition coefficient (Wildman–Crippen LogP) is 1.23. The molecular formula is C17H23N5O3S. The third-order valence-electron chi connectivity index (χ3n) is 4.30. The Kier molecular flexibility index (Phi) is 5.67. The predicted molar refractivity (Wildman–Crippen MR) is 96.1 cm³/mol. The molecule has 2 N–H and O–H groups in total. The zero-order valence-electron chi connectivity index (χ0n) is 14.7. The summed E-state index contributed by atoms with van der Waals surface area (Å²) in [5.41, 5.74) is 0.321. The second-order valence-electron chi connectivity index (χ2n) is 6.25. The Morgan fingerprint density at radius 3 is 2.92 bits per heavy atom. The monoisotopic (exact) mass is 377 g/mol. The summed E-state index contributed by atoms with van der Waals surface area (Å²) < 4.78 is 29.7. The third-order valence-corrected chi connectivity index (χ3v) is 5.70. The molecule has 26 heavy (non-hydrogen) atoms. The van der Waals surface area contributed by atoms with Crippen LogP contribution in [-0.4, -0.2) is 35.6 Å². The van der Waals surface area contributed by atoms with E-state index >= 15 is 0 Å². The number of amides is 1. The van der Waals surface area contributed by atoms with Gasteiger partial charge in [-0.25, -0.2) is 13.1 Å². The van der Waals surface area contributed by atoms with Crippen molar-refractivity contribution in [1.29, 1.82) is 0 Å². The van der Waals surface area contributed by atoms with Crippen molar-refractivity contribution < 1.29 is 13.2 Å². The van der Waals surface area contributed by atoms with E-state index in [1.807, 2.05) is 11.5 Å². The number of carbonyl (C=O) groups is 1. The molecular weight excluding hydrogens is 354 g/mol. The maximum atomic E-state index is 12.6. The molecule has 0 atom stereocenters. The zero-order chi connectivity index (χ0) is 18.6. The number of nitrogens with zero attached hydrogens (tertiary/aromatic N) is 3. The van der Waals surface area contributed by atoms with Gasteiger partial charge in [-0.2, -0.15) is 0 Å². The highest BCUT2D eigenvalue weighted by molar-refractivity contribution is 7.89. The van der Waals surface area contributed by atoms with E-state index in [1.54, 1.807) is 12.1 Å². The maximum absolute atomic E-state index is 12.6. The van der Waals surface area contributed by atoms with E-state index in [-0.39, 0.29) is 17.3 Å². The number of carbonyl (C=O) groups excluding carboxylic acids is 1. The van der Waals surface area contributed by atoms with E-state index in [0.717, 1.165) is 38.1 Å². The molecule has 8 nitrogen and oxygen atoms in total. The molecule has 0 unspecified atom stereocenters. The number of hydrogen-bond acceptors (Lipinski definition) is 5. The largest absolute Gasteiger partial charge is 0.352 e. The van der Waals surface area contributed by atoms with Crippen molar-refractivity contribution in [2.45, 2.75) is 50.6 Å². The highest BCUT2D eigenvalue weighted by Gasteiger charge is 2.20. The molecule has 0 saturated carbocycles. The lowest BCUT2D eigenvalue weighted by Gasteiger charge is -2.15. The quantitative estimate of drug-likeness (QED) is 0.755. The van der Waals surface area contributed by atoms with Gasteiger partial charge in [-0.15, -0.1) is 10.2 Å². The molecule has 0 saturated heterocycles. The molecule has 1 amide bonds. The second kappa shape index (κ2) is 7.96. The zero-order valence-corrected chi connectivity index (χ0v) is 15.6. The first-order chi connectivity index (χ1) is 12.5. The number of rotatable bonds is 7. The lowest BCUT2D eigenvalue weighted by atomic mass is 10.2. The number of fused-ring (bicyclic) bond motifs is 1. The van der Waals surface area contributed by atoms with Crippen LogP contribution < -0.4 is 10.0 Å². The van der Waals surface area contributed by atoms with Gasteiger partial charge in [0, 0.05) is 25.1 Å². The van der Waals surface area contributed by atoms with Gasteiger partial charge in [0.2, 0.25) is 10.0 Å². The fourth-order valence-corrected chi connectivity index (χ4v) is 3.91. The van der Waals surface area contributed by atoms with E-state index < -0.39 is 10.0 Å². The molecule has 1 aromatic heterocycles. The van der Waals surface area contributed by atoms with Crippen LogP contribution in [0.15, 0.2) is 29.2 Å². The van der Waals surface area contributed by atoms with Crippen LogP contribution in [0.1, 0.15) is 48.2 Å². The van der Waals surface area contributed by atoms with Crippen LogP contribution in [0.3, 0.4) is 0 Å². The summed E-state index contributed by atoms with van der Waals surface area (Å²) in [6.45, 7) is 3.38. The Labute approximate surface area is 153 Å². The van der Waals surface area contributed by atoms with Gasteiger partial charge in [-0.3, -0.25) is 4.79 Å². The number of hydrogen-bond donors (Lipinski definition) is 2. The molecule has 140 valence electrons. The molecule has 1 aliphatic rings. The van der Waals surface area contributed by atoms with Crippen molar-refractivity contribution >= 4 is 15.9 Å². The number of sulfonamides is 1. The standard InChI is InChI=1S/C17H23N5O3S/c1-2-9-18-17(23)13-6-5-7-14(11-13)26(24,25)19-12-16-21-20-15-8-3-4-10-22(15)16/h5-7,11,19H,2-4,8-10,12H2,1H3,(H,18,23). The van der Waals surface area contributed by atoms with E-state index in [4.69, 9.17) is 0 Å². The van der Waals surface area contributed by atoms with E-state index in [0.29, 0.717) is 17.9 Å². The van der Waals surface area contributed by atoms with E-state index in [9.17, 15) is 13.2 Å². The normalized spacial score (nSPS) is 14.0. The van der Waals surface area contributed by atoms with Crippen LogP contribution in [0.2, 0.25) is 0 Å². The van der Waals surface area contributed by atoms with Crippen molar-refractivity contribution in [3.63, 3.8) is 0 Å². The molecule has 2 heterocycles. The Hall–Kier alpha value is -2.26. The summed E-state index contributed by atoms with van der Waals surface area (Å²) in [5, 5.41) is 11.0. The lowest BCUT2D eigenvalue weighted by Crippen LogP contribution is -2.27. The average Bonchev–Trinajstić information content (AvgIpc) is 3.08. The Morgan fingerprint density at radius 1 is 1.27 bits per heavy atom. The third kappa shape index (κ3) is 4.10. The van der Waals surface area contributed by atoms with Gasteiger partial charge in [0.25, 0.3) is 5.91 Å². The molecule has 2 aromatic rings. The summed E-state index contributed by atoms with van der Waals surface area (Å²) >= 11 is 0. The molecule has 1 aliphatic heterocycles. The van der Waals surface area contributed by atoms with Gasteiger partial charge < -0.3 is 9.88 Å². The SMILES string of the molecule is CCCNC(=O)c1cccc(S(=O)(=O)NCc2nnc3n2CCCC3)c1. The summed E-state index contributed by atoms with van der Waals surface area (Å²) in [7, 11) is -3.75.